The van der Waals surface area contributed by atoms with E-state index >= 15 is 0 Å². The number of hydrogen-bond acceptors (Lipinski definition) is 4. The summed E-state index contributed by atoms with van der Waals surface area (Å²) in [6.07, 6.45) is 2.35. The minimum atomic E-state index is -0.148. The van der Waals surface area contributed by atoms with E-state index in [4.69, 9.17) is 4.74 Å². The molecule has 0 amide bonds. The van der Waals surface area contributed by atoms with Gasteiger partial charge in [0.15, 0.2) is 11.5 Å². The first-order chi connectivity index (χ1) is 9.43. The molecule has 0 bridgehead atoms. The number of phenolic OH excluding ortho intramolecular Hbond substituents is 1. The zero-order valence-corrected chi connectivity index (χ0v) is 12.6. The Morgan fingerprint density at radius 1 is 1.40 bits per heavy atom. The second-order valence-electron chi connectivity index (χ2n) is 5.72. The normalized spacial score (nSPS) is 11.4. The molecule has 0 spiro atoms. The summed E-state index contributed by atoms with van der Waals surface area (Å²) in [5.74, 6) is 0.648. The van der Waals surface area contributed by atoms with Crippen LogP contribution in [0.4, 0.5) is 0 Å². The van der Waals surface area contributed by atoms with E-state index in [0.717, 1.165) is 11.1 Å². The Kier molecular flexibility index (Phi) is 6.05. The molecule has 4 nitrogen and oxygen atoms in total. The van der Waals surface area contributed by atoms with Crippen LogP contribution in [0, 0.1) is 5.41 Å². The number of aromatic hydroxyl groups is 1. The van der Waals surface area contributed by atoms with Crippen LogP contribution >= 0.6 is 0 Å². The van der Waals surface area contributed by atoms with Gasteiger partial charge in [0.2, 0.25) is 0 Å². The van der Waals surface area contributed by atoms with Crippen LogP contribution in [0.3, 0.4) is 0 Å². The number of nitrogens with one attached hydrogen (secondary N) is 1. The third-order valence-electron chi connectivity index (χ3n) is 3.16. The lowest BCUT2D eigenvalue weighted by Gasteiger charge is -2.22. The number of aliphatic hydroxyl groups excluding tert-OH is 1. The fourth-order valence-electron chi connectivity index (χ4n) is 1.90. The molecule has 0 saturated heterocycles. The molecule has 0 aliphatic carbocycles. The molecule has 1 aromatic rings. The lowest BCUT2D eigenvalue weighted by Crippen LogP contribution is -2.31. The van der Waals surface area contributed by atoms with Gasteiger partial charge in [0.25, 0.3) is 0 Å². The Morgan fingerprint density at radius 2 is 2.10 bits per heavy atom. The number of benzene rings is 1. The van der Waals surface area contributed by atoms with Gasteiger partial charge in [-0.15, -0.1) is 6.58 Å². The van der Waals surface area contributed by atoms with Gasteiger partial charge in [-0.05, 0) is 18.1 Å². The van der Waals surface area contributed by atoms with Crippen molar-refractivity contribution in [3.63, 3.8) is 0 Å². The fourth-order valence-corrected chi connectivity index (χ4v) is 1.90. The molecule has 0 aliphatic heterocycles. The fraction of sp³-hybridized carbons (Fsp3) is 0.500. The van der Waals surface area contributed by atoms with Gasteiger partial charge in [0.05, 0.1) is 7.11 Å². The van der Waals surface area contributed by atoms with Gasteiger partial charge in [-0.3, -0.25) is 0 Å². The molecule has 0 radical (unpaired) electrons. The molecule has 0 fully saturated rings. The lowest BCUT2D eigenvalue weighted by molar-refractivity contribution is 0.156. The second-order valence-corrected chi connectivity index (χ2v) is 5.72. The average Bonchev–Trinajstić information content (AvgIpc) is 2.42. The molecule has 0 aromatic heterocycles. The quantitative estimate of drug-likeness (QED) is 0.639. The van der Waals surface area contributed by atoms with Crippen molar-refractivity contribution >= 4 is 0 Å². The standard InChI is InChI=1S/C16H25NO3/c1-5-6-13-7-12(8-14(20-4)15(13)19)9-17-10-16(2,3)11-18/h5,7-8,17-19H,1,6,9-11H2,2-4H3. The van der Waals surface area contributed by atoms with Crippen molar-refractivity contribution in [2.75, 3.05) is 20.3 Å². The number of aliphatic hydroxyl groups is 1. The van der Waals surface area contributed by atoms with Crippen molar-refractivity contribution in [3.05, 3.63) is 35.9 Å². The molecule has 0 saturated carbocycles. The Balaban J connectivity index is 2.79. The first kappa shape index (κ1) is 16.5. The van der Waals surface area contributed by atoms with Crippen LogP contribution in [-0.4, -0.2) is 30.5 Å². The maximum absolute atomic E-state index is 10.0. The first-order valence-corrected chi connectivity index (χ1v) is 6.74. The highest BCUT2D eigenvalue weighted by molar-refractivity contribution is 5.49. The van der Waals surface area contributed by atoms with Crippen LogP contribution in [0.15, 0.2) is 24.8 Å². The SMILES string of the molecule is C=CCc1cc(CNCC(C)(C)CO)cc(OC)c1O. The summed E-state index contributed by atoms with van der Waals surface area (Å²) in [5.41, 5.74) is 1.69. The minimum Gasteiger partial charge on any atom is -0.504 e. The van der Waals surface area contributed by atoms with Crippen molar-refractivity contribution in [3.8, 4) is 11.5 Å². The summed E-state index contributed by atoms with van der Waals surface area (Å²) in [6, 6.07) is 3.76. The third-order valence-corrected chi connectivity index (χ3v) is 3.16. The monoisotopic (exact) mass is 279 g/mol. The zero-order chi connectivity index (χ0) is 15.2. The van der Waals surface area contributed by atoms with Gasteiger partial charge in [-0.2, -0.15) is 0 Å². The van der Waals surface area contributed by atoms with Crippen LogP contribution in [0.2, 0.25) is 0 Å². The van der Waals surface area contributed by atoms with E-state index in [2.05, 4.69) is 11.9 Å². The van der Waals surface area contributed by atoms with Crippen LogP contribution < -0.4 is 10.1 Å². The van der Waals surface area contributed by atoms with Crippen molar-refractivity contribution in [2.45, 2.75) is 26.8 Å². The highest BCUT2D eigenvalue weighted by atomic mass is 16.5. The van der Waals surface area contributed by atoms with Crippen LogP contribution in [0.5, 0.6) is 11.5 Å². The summed E-state index contributed by atoms with van der Waals surface area (Å²) in [6.45, 7) is 9.20. The van der Waals surface area contributed by atoms with Crippen molar-refractivity contribution in [1.29, 1.82) is 0 Å². The van der Waals surface area contributed by atoms with E-state index in [9.17, 15) is 10.2 Å². The largest absolute Gasteiger partial charge is 0.504 e. The van der Waals surface area contributed by atoms with E-state index in [1.165, 1.54) is 0 Å². The number of hydrogen-bond donors (Lipinski definition) is 3. The van der Waals surface area contributed by atoms with E-state index in [0.29, 0.717) is 25.3 Å². The molecule has 4 heteroatoms. The molecule has 0 aliphatic rings. The number of rotatable bonds is 8. The molecule has 20 heavy (non-hydrogen) atoms. The Bertz CT molecular complexity index is 455. The first-order valence-electron chi connectivity index (χ1n) is 6.74. The van der Waals surface area contributed by atoms with Gasteiger partial charge < -0.3 is 20.3 Å². The molecule has 1 aromatic carbocycles. The van der Waals surface area contributed by atoms with Gasteiger partial charge in [-0.25, -0.2) is 0 Å². The second kappa shape index (κ2) is 7.31. The zero-order valence-electron chi connectivity index (χ0n) is 12.6. The third kappa shape index (κ3) is 4.54. The van der Waals surface area contributed by atoms with Gasteiger partial charge >= 0.3 is 0 Å². The lowest BCUT2D eigenvalue weighted by atomic mass is 9.95. The van der Waals surface area contributed by atoms with E-state index < -0.39 is 0 Å². The maximum atomic E-state index is 10.0. The minimum absolute atomic E-state index is 0.139. The predicted octanol–water partition coefficient (Wildman–Crippen LogP) is 2.24. The summed E-state index contributed by atoms with van der Waals surface area (Å²) >= 11 is 0. The number of ether oxygens (including phenoxy) is 1. The van der Waals surface area contributed by atoms with Gasteiger partial charge in [0.1, 0.15) is 0 Å². The molecule has 112 valence electrons. The summed E-state index contributed by atoms with van der Waals surface area (Å²) < 4.78 is 5.19. The molecule has 3 N–H and O–H groups in total. The molecular formula is C16H25NO3. The van der Waals surface area contributed by atoms with E-state index in [-0.39, 0.29) is 17.8 Å². The van der Waals surface area contributed by atoms with Crippen molar-refractivity contribution in [1.82, 2.24) is 5.32 Å². The van der Waals surface area contributed by atoms with Crippen LogP contribution in [0.25, 0.3) is 0 Å². The van der Waals surface area contributed by atoms with E-state index in [1.54, 1.807) is 13.2 Å². The average molecular weight is 279 g/mol. The molecule has 0 atom stereocenters. The molecule has 0 unspecified atom stereocenters. The highest BCUT2D eigenvalue weighted by Crippen LogP contribution is 2.32. The molecule has 0 heterocycles. The topological polar surface area (TPSA) is 61.7 Å². The number of methoxy groups -OCH3 is 1. The van der Waals surface area contributed by atoms with Crippen molar-refractivity contribution < 1.29 is 14.9 Å². The predicted molar refractivity (Wildman–Crippen MR) is 81.1 cm³/mol. The number of allylic oxidation sites excluding steroid dienone is 1. The summed E-state index contributed by atoms with van der Waals surface area (Å²) in [7, 11) is 1.54. The maximum Gasteiger partial charge on any atom is 0.161 e. The summed E-state index contributed by atoms with van der Waals surface area (Å²) in [5, 5.41) is 22.5. The van der Waals surface area contributed by atoms with Gasteiger partial charge in [0, 0.05) is 30.7 Å². The van der Waals surface area contributed by atoms with Crippen molar-refractivity contribution in [2.24, 2.45) is 5.41 Å². The van der Waals surface area contributed by atoms with Gasteiger partial charge in [-0.1, -0.05) is 26.0 Å². The Hall–Kier alpha value is -1.52. The Labute approximate surface area is 121 Å². The van der Waals surface area contributed by atoms with Crippen LogP contribution in [0.1, 0.15) is 25.0 Å². The highest BCUT2D eigenvalue weighted by Gasteiger charge is 2.16. The smallest absolute Gasteiger partial charge is 0.161 e. The van der Waals surface area contributed by atoms with Crippen LogP contribution in [-0.2, 0) is 13.0 Å². The Morgan fingerprint density at radius 3 is 2.65 bits per heavy atom. The number of phenols is 1. The molecular weight excluding hydrogens is 254 g/mol. The molecule has 1 rings (SSSR count). The summed E-state index contributed by atoms with van der Waals surface area (Å²) in [4.78, 5) is 0. The van der Waals surface area contributed by atoms with E-state index in [1.807, 2.05) is 26.0 Å².